The van der Waals surface area contributed by atoms with Crippen molar-refractivity contribution in [1.82, 2.24) is 5.32 Å². The first kappa shape index (κ1) is 13.3. The molecule has 0 aliphatic heterocycles. The summed E-state index contributed by atoms with van der Waals surface area (Å²) in [5.41, 5.74) is 0.414. The third-order valence-corrected chi connectivity index (χ3v) is 2.38. The van der Waals surface area contributed by atoms with Crippen LogP contribution in [-0.2, 0) is 11.3 Å². The fraction of sp³-hybridized carbons (Fsp3) is 0.462. The molecule has 4 heteroatoms. The molecule has 1 unspecified atom stereocenters. The molecule has 0 aromatic carbocycles. The summed E-state index contributed by atoms with van der Waals surface area (Å²) in [6.07, 6.45) is 8.70. The second kappa shape index (κ2) is 6.77. The summed E-state index contributed by atoms with van der Waals surface area (Å²) in [4.78, 5) is 11.2. The minimum atomic E-state index is -0.401. The van der Waals surface area contributed by atoms with Crippen LogP contribution in [0.1, 0.15) is 35.9 Å². The Hall–Kier alpha value is -1.73. The maximum absolute atomic E-state index is 11.2. The molecule has 0 fully saturated rings. The second-order valence-corrected chi connectivity index (χ2v) is 3.68. The number of rotatable bonds is 6. The van der Waals surface area contributed by atoms with Gasteiger partial charge in [-0.25, -0.2) is 4.79 Å². The second-order valence-electron chi connectivity index (χ2n) is 3.68. The molecule has 1 rings (SSSR count). The van der Waals surface area contributed by atoms with E-state index >= 15 is 0 Å². The van der Waals surface area contributed by atoms with Crippen LogP contribution in [0.25, 0.3) is 0 Å². The fourth-order valence-electron chi connectivity index (χ4n) is 1.46. The molecular formula is C13H17NO3. The van der Waals surface area contributed by atoms with Crippen LogP contribution in [0.5, 0.6) is 0 Å². The summed E-state index contributed by atoms with van der Waals surface area (Å²) in [5.74, 6) is 2.94. The number of esters is 1. The lowest BCUT2D eigenvalue weighted by atomic mass is 10.2. The molecule has 0 bridgehead atoms. The molecule has 0 saturated carbocycles. The summed E-state index contributed by atoms with van der Waals surface area (Å²) < 4.78 is 9.81. The molecule has 1 N–H and O–H groups in total. The summed E-state index contributed by atoms with van der Waals surface area (Å²) in [6.45, 7) is 2.58. The molecule has 1 aromatic rings. The number of terminal acetylenes is 1. The lowest BCUT2D eigenvalue weighted by molar-refractivity contribution is 0.0600. The lowest BCUT2D eigenvalue weighted by Crippen LogP contribution is -2.26. The number of methoxy groups -OCH3 is 1. The van der Waals surface area contributed by atoms with Gasteiger partial charge in [-0.05, 0) is 12.5 Å². The summed E-state index contributed by atoms with van der Waals surface area (Å²) in [6, 6.07) is 1.69. The Bertz CT molecular complexity index is 403. The van der Waals surface area contributed by atoms with Gasteiger partial charge >= 0.3 is 5.97 Å². The first-order chi connectivity index (χ1) is 8.21. The van der Waals surface area contributed by atoms with Gasteiger partial charge in [0, 0.05) is 0 Å². The Morgan fingerprint density at radius 1 is 1.71 bits per heavy atom. The number of hydrogen-bond donors (Lipinski definition) is 1. The van der Waals surface area contributed by atoms with Gasteiger partial charge in [-0.3, -0.25) is 5.32 Å². The van der Waals surface area contributed by atoms with Crippen molar-refractivity contribution in [1.29, 1.82) is 0 Å². The van der Waals surface area contributed by atoms with E-state index in [2.05, 4.69) is 22.9 Å². The lowest BCUT2D eigenvalue weighted by Gasteiger charge is -2.09. The van der Waals surface area contributed by atoms with E-state index in [0.29, 0.717) is 17.9 Å². The molecule has 0 aliphatic rings. The Kier molecular flexibility index (Phi) is 5.31. The fourth-order valence-corrected chi connectivity index (χ4v) is 1.46. The van der Waals surface area contributed by atoms with Crippen LogP contribution < -0.4 is 5.32 Å². The van der Waals surface area contributed by atoms with Gasteiger partial charge in [-0.1, -0.05) is 19.3 Å². The molecule has 92 valence electrons. The molecular weight excluding hydrogens is 218 g/mol. The quantitative estimate of drug-likeness (QED) is 0.605. The molecule has 0 spiro atoms. The predicted molar refractivity (Wildman–Crippen MR) is 64.4 cm³/mol. The summed E-state index contributed by atoms with van der Waals surface area (Å²) in [5, 5.41) is 3.17. The van der Waals surface area contributed by atoms with Gasteiger partial charge in [0.2, 0.25) is 0 Å². The normalized spacial score (nSPS) is 11.8. The van der Waals surface area contributed by atoms with Crippen LogP contribution >= 0.6 is 0 Å². The van der Waals surface area contributed by atoms with E-state index < -0.39 is 5.97 Å². The van der Waals surface area contributed by atoms with Gasteiger partial charge in [-0.15, -0.1) is 6.42 Å². The van der Waals surface area contributed by atoms with Crippen LogP contribution in [-0.4, -0.2) is 19.1 Å². The Morgan fingerprint density at radius 3 is 3.06 bits per heavy atom. The van der Waals surface area contributed by atoms with Crippen molar-refractivity contribution in [3.05, 3.63) is 23.7 Å². The Morgan fingerprint density at radius 2 is 2.47 bits per heavy atom. The van der Waals surface area contributed by atoms with Crippen LogP contribution in [0, 0.1) is 12.3 Å². The monoisotopic (exact) mass is 235 g/mol. The van der Waals surface area contributed by atoms with Crippen molar-refractivity contribution in [2.24, 2.45) is 0 Å². The largest absolute Gasteiger partial charge is 0.467 e. The van der Waals surface area contributed by atoms with Crippen LogP contribution in [0.4, 0.5) is 0 Å². The molecule has 17 heavy (non-hydrogen) atoms. The van der Waals surface area contributed by atoms with Crippen molar-refractivity contribution >= 4 is 5.97 Å². The van der Waals surface area contributed by atoms with Crippen molar-refractivity contribution in [2.45, 2.75) is 32.4 Å². The number of hydrogen-bond acceptors (Lipinski definition) is 4. The van der Waals surface area contributed by atoms with E-state index in [0.717, 1.165) is 12.8 Å². The maximum atomic E-state index is 11.2. The van der Waals surface area contributed by atoms with E-state index in [1.165, 1.54) is 13.4 Å². The van der Waals surface area contributed by atoms with E-state index in [-0.39, 0.29) is 6.04 Å². The minimum Gasteiger partial charge on any atom is -0.467 e. The Balaban J connectivity index is 2.50. The third kappa shape index (κ3) is 3.97. The summed E-state index contributed by atoms with van der Waals surface area (Å²) in [7, 11) is 1.34. The zero-order valence-corrected chi connectivity index (χ0v) is 10.2. The van der Waals surface area contributed by atoms with Crippen LogP contribution in [0.15, 0.2) is 16.7 Å². The highest BCUT2D eigenvalue weighted by Crippen LogP contribution is 2.09. The minimum absolute atomic E-state index is 0.0340. The van der Waals surface area contributed by atoms with Crippen molar-refractivity contribution < 1.29 is 13.9 Å². The number of ether oxygens (including phenoxy) is 1. The van der Waals surface area contributed by atoms with Crippen LogP contribution in [0.3, 0.4) is 0 Å². The smallest absolute Gasteiger partial charge is 0.341 e. The standard InChI is InChI=1S/C13H17NO3/c1-4-6-11(5-2)14-8-12-7-10(9-17-12)13(15)16-3/h2,7,9,11,14H,4,6,8H2,1,3H3. The number of carbonyl (C=O) groups is 1. The number of carbonyl (C=O) groups excluding carboxylic acids is 1. The third-order valence-electron chi connectivity index (χ3n) is 2.38. The molecule has 0 saturated heterocycles. The van der Waals surface area contributed by atoms with Crippen molar-refractivity contribution in [3.63, 3.8) is 0 Å². The van der Waals surface area contributed by atoms with E-state index in [1.54, 1.807) is 6.07 Å². The van der Waals surface area contributed by atoms with Gasteiger partial charge in [0.05, 0.1) is 25.3 Å². The highest BCUT2D eigenvalue weighted by atomic mass is 16.5. The zero-order chi connectivity index (χ0) is 12.7. The van der Waals surface area contributed by atoms with E-state index in [9.17, 15) is 4.79 Å². The van der Waals surface area contributed by atoms with Gasteiger partial charge in [0.25, 0.3) is 0 Å². The average Bonchev–Trinajstić information content (AvgIpc) is 2.82. The number of furan rings is 1. The maximum Gasteiger partial charge on any atom is 0.341 e. The molecule has 0 amide bonds. The SMILES string of the molecule is C#CC(CCC)NCc1cc(C(=O)OC)co1. The molecule has 1 aromatic heterocycles. The van der Waals surface area contributed by atoms with Crippen molar-refractivity contribution in [2.75, 3.05) is 7.11 Å². The predicted octanol–water partition coefficient (Wildman–Crippen LogP) is 1.96. The topological polar surface area (TPSA) is 51.5 Å². The summed E-state index contributed by atoms with van der Waals surface area (Å²) >= 11 is 0. The average molecular weight is 235 g/mol. The van der Waals surface area contributed by atoms with E-state index in [4.69, 9.17) is 10.8 Å². The van der Waals surface area contributed by atoms with Gasteiger partial charge in [0.1, 0.15) is 12.0 Å². The van der Waals surface area contributed by atoms with Crippen LogP contribution in [0.2, 0.25) is 0 Å². The zero-order valence-electron chi connectivity index (χ0n) is 10.2. The van der Waals surface area contributed by atoms with Gasteiger partial charge in [0.15, 0.2) is 0 Å². The first-order valence-corrected chi connectivity index (χ1v) is 5.56. The first-order valence-electron chi connectivity index (χ1n) is 5.56. The van der Waals surface area contributed by atoms with Gasteiger partial charge < -0.3 is 9.15 Å². The Labute approximate surface area is 101 Å². The highest BCUT2D eigenvalue weighted by Gasteiger charge is 2.11. The van der Waals surface area contributed by atoms with E-state index in [1.807, 2.05) is 0 Å². The molecule has 0 aliphatic carbocycles. The molecule has 4 nitrogen and oxygen atoms in total. The number of nitrogens with one attached hydrogen (secondary N) is 1. The van der Waals surface area contributed by atoms with Crippen molar-refractivity contribution in [3.8, 4) is 12.3 Å². The highest BCUT2D eigenvalue weighted by molar-refractivity contribution is 5.88. The molecule has 1 heterocycles. The van der Waals surface area contributed by atoms with Gasteiger partial charge in [-0.2, -0.15) is 0 Å². The molecule has 1 atom stereocenters. The molecule has 0 radical (unpaired) electrons.